The van der Waals surface area contributed by atoms with Gasteiger partial charge in [-0.15, -0.1) is 0 Å². The molecule has 3 nitrogen and oxygen atoms in total. The molecule has 0 bridgehead atoms. The van der Waals surface area contributed by atoms with E-state index in [4.69, 9.17) is 0 Å². The van der Waals surface area contributed by atoms with Crippen LogP contribution in [0.5, 0.6) is 0 Å². The predicted octanol–water partition coefficient (Wildman–Crippen LogP) is 0.492. The van der Waals surface area contributed by atoms with E-state index in [1.54, 1.807) is 7.05 Å². The van der Waals surface area contributed by atoms with E-state index in [0.29, 0.717) is 19.3 Å². The van der Waals surface area contributed by atoms with Crippen LogP contribution in [0.25, 0.3) is 0 Å². The lowest BCUT2D eigenvalue weighted by atomic mass is 10.2. The molecule has 1 N–H and O–H groups in total. The number of Topliss-reactive ketones (excluding diaryl/α,β-unsaturated/α-hetero) is 1. The van der Waals surface area contributed by atoms with Crippen molar-refractivity contribution >= 4 is 11.7 Å². The summed E-state index contributed by atoms with van der Waals surface area (Å²) in [7, 11) is 1.59. The molecule has 58 valence electrons. The van der Waals surface area contributed by atoms with Crippen LogP contribution in [0.1, 0.15) is 26.2 Å². The Labute approximate surface area is 60.8 Å². The molecule has 0 rings (SSSR count). The molecule has 0 radical (unpaired) electrons. The van der Waals surface area contributed by atoms with Gasteiger partial charge in [0.2, 0.25) is 5.91 Å². The standard InChI is InChI=1S/C7H13NO2/c1-6(9)4-3-5-7(10)8-2/h3-5H2,1-2H3,(H,8,10). The van der Waals surface area contributed by atoms with E-state index in [1.165, 1.54) is 6.92 Å². The first-order chi connectivity index (χ1) is 4.66. The third-order valence-electron chi connectivity index (χ3n) is 1.21. The summed E-state index contributed by atoms with van der Waals surface area (Å²) < 4.78 is 0. The Balaban J connectivity index is 3.20. The van der Waals surface area contributed by atoms with Crippen LogP contribution >= 0.6 is 0 Å². The Hall–Kier alpha value is -0.860. The van der Waals surface area contributed by atoms with Gasteiger partial charge in [-0.05, 0) is 13.3 Å². The third kappa shape index (κ3) is 5.28. The van der Waals surface area contributed by atoms with E-state index < -0.39 is 0 Å². The van der Waals surface area contributed by atoms with Gasteiger partial charge in [0.05, 0.1) is 0 Å². The maximum Gasteiger partial charge on any atom is 0.219 e. The molecule has 0 aromatic heterocycles. The molecule has 0 aliphatic heterocycles. The van der Waals surface area contributed by atoms with Gasteiger partial charge in [0, 0.05) is 19.9 Å². The molecule has 0 saturated carbocycles. The highest BCUT2D eigenvalue weighted by Crippen LogP contribution is 1.94. The van der Waals surface area contributed by atoms with Crippen LogP contribution in [0.15, 0.2) is 0 Å². The van der Waals surface area contributed by atoms with Crippen LogP contribution < -0.4 is 5.32 Å². The van der Waals surface area contributed by atoms with E-state index >= 15 is 0 Å². The van der Waals surface area contributed by atoms with Gasteiger partial charge >= 0.3 is 0 Å². The van der Waals surface area contributed by atoms with Crippen molar-refractivity contribution in [1.82, 2.24) is 5.32 Å². The number of hydrogen-bond acceptors (Lipinski definition) is 2. The summed E-state index contributed by atoms with van der Waals surface area (Å²) in [4.78, 5) is 21.0. The van der Waals surface area contributed by atoms with Gasteiger partial charge in [-0.2, -0.15) is 0 Å². The molecule has 0 unspecified atom stereocenters. The second-order valence-electron chi connectivity index (χ2n) is 2.23. The van der Waals surface area contributed by atoms with Crippen molar-refractivity contribution < 1.29 is 9.59 Å². The Kier molecular flexibility index (Phi) is 4.54. The van der Waals surface area contributed by atoms with Gasteiger partial charge in [-0.3, -0.25) is 4.79 Å². The van der Waals surface area contributed by atoms with Gasteiger partial charge in [0.25, 0.3) is 0 Å². The first-order valence-electron chi connectivity index (χ1n) is 3.37. The first kappa shape index (κ1) is 9.14. The highest BCUT2D eigenvalue weighted by Gasteiger charge is 1.98. The second-order valence-corrected chi connectivity index (χ2v) is 2.23. The van der Waals surface area contributed by atoms with Crippen LogP contribution in [0, 0.1) is 0 Å². The zero-order chi connectivity index (χ0) is 7.98. The molecule has 0 aromatic rings. The number of ketones is 1. The summed E-state index contributed by atoms with van der Waals surface area (Å²) in [5.41, 5.74) is 0. The van der Waals surface area contributed by atoms with Crippen LogP contribution in [0.2, 0.25) is 0 Å². The average Bonchev–Trinajstić information content (AvgIpc) is 1.87. The number of nitrogens with one attached hydrogen (secondary N) is 1. The zero-order valence-corrected chi connectivity index (χ0v) is 6.44. The lowest BCUT2D eigenvalue weighted by molar-refractivity contribution is -0.121. The maximum atomic E-state index is 10.6. The van der Waals surface area contributed by atoms with Crippen molar-refractivity contribution in [3.8, 4) is 0 Å². The number of rotatable bonds is 4. The number of amides is 1. The number of hydrogen-bond donors (Lipinski definition) is 1. The van der Waals surface area contributed by atoms with Crippen LogP contribution in [-0.4, -0.2) is 18.7 Å². The van der Waals surface area contributed by atoms with Crippen LogP contribution in [0.4, 0.5) is 0 Å². The Morgan fingerprint density at radius 3 is 2.30 bits per heavy atom. The normalized spacial score (nSPS) is 9.00. The van der Waals surface area contributed by atoms with Gasteiger partial charge < -0.3 is 10.1 Å². The molecular formula is C7H13NO2. The minimum absolute atomic E-state index is 0.00116. The molecule has 0 atom stereocenters. The lowest BCUT2D eigenvalue weighted by Gasteiger charge is -1.95. The SMILES string of the molecule is CNC(=O)CCCC(C)=O. The Morgan fingerprint density at radius 1 is 1.30 bits per heavy atom. The highest BCUT2D eigenvalue weighted by atomic mass is 16.1. The fourth-order valence-electron chi connectivity index (χ4n) is 0.623. The maximum absolute atomic E-state index is 10.6. The van der Waals surface area contributed by atoms with E-state index in [0.717, 1.165) is 0 Å². The smallest absolute Gasteiger partial charge is 0.219 e. The van der Waals surface area contributed by atoms with Crippen molar-refractivity contribution in [3.05, 3.63) is 0 Å². The Bertz CT molecular complexity index is 132. The van der Waals surface area contributed by atoms with Crippen molar-refractivity contribution in [2.75, 3.05) is 7.05 Å². The topological polar surface area (TPSA) is 46.2 Å². The van der Waals surface area contributed by atoms with Crippen molar-refractivity contribution in [2.45, 2.75) is 26.2 Å². The van der Waals surface area contributed by atoms with Gasteiger partial charge in [-0.25, -0.2) is 0 Å². The summed E-state index contributed by atoms with van der Waals surface area (Å²) in [6.07, 6.45) is 1.62. The summed E-state index contributed by atoms with van der Waals surface area (Å²) in [5.74, 6) is 0.144. The fraction of sp³-hybridized carbons (Fsp3) is 0.714. The van der Waals surface area contributed by atoms with Gasteiger partial charge in [0.1, 0.15) is 5.78 Å². The molecule has 0 spiro atoms. The minimum atomic E-state index is 0.00116. The van der Waals surface area contributed by atoms with Gasteiger partial charge in [-0.1, -0.05) is 0 Å². The third-order valence-corrected chi connectivity index (χ3v) is 1.21. The van der Waals surface area contributed by atoms with E-state index in [-0.39, 0.29) is 11.7 Å². The molecule has 0 heterocycles. The molecule has 0 saturated heterocycles. The average molecular weight is 143 g/mol. The van der Waals surface area contributed by atoms with Crippen molar-refractivity contribution in [3.63, 3.8) is 0 Å². The predicted molar refractivity (Wildman–Crippen MR) is 38.6 cm³/mol. The molecular weight excluding hydrogens is 130 g/mol. The van der Waals surface area contributed by atoms with Crippen LogP contribution in [0.3, 0.4) is 0 Å². The van der Waals surface area contributed by atoms with Crippen molar-refractivity contribution in [2.24, 2.45) is 0 Å². The molecule has 0 aliphatic carbocycles. The summed E-state index contributed by atoms with van der Waals surface area (Å²) in [5, 5.41) is 2.49. The van der Waals surface area contributed by atoms with E-state index in [2.05, 4.69) is 5.32 Å². The van der Waals surface area contributed by atoms with E-state index in [9.17, 15) is 9.59 Å². The highest BCUT2D eigenvalue weighted by molar-refractivity contribution is 5.78. The fourth-order valence-corrected chi connectivity index (χ4v) is 0.623. The molecule has 0 aromatic carbocycles. The van der Waals surface area contributed by atoms with Gasteiger partial charge in [0.15, 0.2) is 0 Å². The zero-order valence-electron chi connectivity index (χ0n) is 6.44. The quantitative estimate of drug-likeness (QED) is 0.622. The summed E-state index contributed by atoms with van der Waals surface area (Å²) in [6.45, 7) is 1.53. The summed E-state index contributed by atoms with van der Waals surface area (Å²) >= 11 is 0. The monoisotopic (exact) mass is 143 g/mol. The molecule has 0 aliphatic rings. The molecule has 1 amide bonds. The molecule has 0 fully saturated rings. The lowest BCUT2D eigenvalue weighted by Crippen LogP contribution is -2.17. The minimum Gasteiger partial charge on any atom is -0.359 e. The second kappa shape index (κ2) is 4.97. The Morgan fingerprint density at radius 2 is 1.90 bits per heavy atom. The van der Waals surface area contributed by atoms with Crippen LogP contribution in [-0.2, 0) is 9.59 Å². The largest absolute Gasteiger partial charge is 0.359 e. The molecule has 3 heteroatoms. The van der Waals surface area contributed by atoms with E-state index in [1.807, 2.05) is 0 Å². The van der Waals surface area contributed by atoms with Crippen molar-refractivity contribution in [1.29, 1.82) is 0 Å². The first-order valence-corrected chi connectivity index (χ1v) is 3.37. The number of carbonyl (C=O) groups is 2. The number of carbonyl (C=O) groups excluding carboxylic acids is 2. The summed E-state index contributed by atoms with van der Waals surface area (Å²) in [6, 6.07) is 0. The molecule has 10 heavy (non-hydrogen) atoms.